The van der Waals surface area contributed by atoms with Gasteiger partial charge in [0.15, 0.2) is 0 Å². The normalized spacial score (nSPS) is 9.71. The first-order valence-electron chi connectivity index (χ1n) is 4.11. The number of rotatable bonds is 5. The number of aromatic nitrogens is 1. The molecule has 1 N–H and O–H groups in total. The topological polar surface area (TPSA) is 59.4 Å². The van der Waals surface area contributed by atoms with Crippen LogP contribution in [0.4, 0.5) is 0 Å². The summed E-state index contributed by atoms with van der Waals surface area (Å²) in [5, 5.41) is 8.66. The van der Waals surface area contributed by atoms with E-state index in [0.717, 1.165) is 5.56 Å². The zero-order valence-corrected chi connectivity index (χ0v) is 7.64. The van der Waals surface area contributed by atoms with Gasteiger partial charge in [-0.15, -0.1) is 6.58 Å². The van der Waals surface area contributed by atoms with E-state index in [9.17, 15) is 4.79 Å². The minimum absolute atomic E-state index is 0.0321. The van der Waals surface area contributed by atoms with Crippen LogP contribution < -0.4 is 0 Å². The number of aromatic carboxylic acids is 1. The van der Waals surface area contributed by atoms with E-state index in [1.165, 1.54) is 12.3 Å². The van der Waals surface area contributed by atoms with Crippen molar-refractivity contribution in [2.45, 2.75) is 6.61 Å². The van der Waals surface area contributed by atoms with Gasteiger partial charge in [-0.1, -0.05) is 6.08 Å². The number of carboxylic acids is 1. The third kappa shape index (κ3) is 2.99. The third-order valence-electron chi connectivity index (χ3n) is 1.55. The number of carboxylic acid groups (broad SMARTS) is 1. The lowest BCUT2D eigenvalue weighted by Gasteiger charge is -2.01. The molecule has 0 saturated heterocycles. The molecule has 1 rings (SSSR count). The van der Waals surface area contributed by atoms with E-state index >= 15 is 0 Å². The van der Waals surface area contributed by atoms with Gasteiger partial charge in [0.25, 0.3) is 0 Å². The van der Waals surface area contributed by atoms with Gasteiger partial charge in [0.05, 0.1) is 13.2 Å². The monoisotopic (exact) mass is 193 g/mol. The van der Waals surface area contributed by atoms with Crippen molar-refractivity contribution in [1.82, 2.24) is 4.98 Å². The smallest absolute Gasteiger partial charge is 0.354 e. The van der Waals surface area contributed by atoms with E-state index in [0.29, 0.717) is 13.2 Å². The molecule has 0 radical (unpaired) electrons. The van der Waals surface area contributed by atoms with Crippen molar-refractivity contribution in [3.8, 4) is 0 Å². The molecule has 1 aromatic heterocycles. The van der Waals surface area contributed by atoms with Crippen LogP contribution in [0.15, 0.2) is 31.0 Å². The highest BCUT2D eigenvalue weighted by Crippen LogP contribution is 2.03. The molecular weight excluding hydrogens is 182 g/mol. The summed E-state index contributed by atoms with van der Waals surface area (Å²) in [6.45, 7) is 4.33. The Hall–Kier alpha value is -1.68. The second kappa shape index (κ2) is 5.14. The first kappa shape index (κ1) is 10.4. The quantitative estimate of drug-likeness (QED) is 0.568. The van der Waals surface area contributed by atoms with E-state index in [-0.39, 0.29) is 5.69 Å². The number of hydrogen-bond acceptors (Lipinski definition) is 3. The van der Waals surface area contributed by atoms with Gasteiger partial charge in [0.2, 0.25) is 0 Å². The van der Waals surface area contributed by atoms with E-state index in [1.807, 2.05) is 0 Å². The number of ether oxygens (including phenoxy) is 1. The van der Waals surface area contributed by atoms with Crippen molar-refractivity contribution in [2.24, 2.45) is 0 Å². The van der Waals surface area contributed by atoms with Crippen LogP contribution in [0.2, 0.25) is 0 Å². The second-order valence-electron chi connectivity index (χ2n) is 2.66. The summed E-state index contributed by atoms with van der Waals surface area (Å²) in [5.74, 6) is -1.03. The molecule has 0 aromatic carbocycles. The van der Waals surface area contributed by atoms with E-state index in [1.54, 1.807) is 12.1 Å². The summed E-state index contributed by atoms with van der Waals surface area (Å²) in [5.41, 5.74) is 0.823. The van der Waals surface area contributed by atoms with Gasteiger partial charge in [0, 0.05) is 6.20 Å². The van der Waals surface area contributed by atoms with Gasteiger partial charge in [-0.2, -0.15) is 0 Å². The molecule has 4 heteroatoms. The van der Waals surface area contributed by atoms with Gasteiger partial charge in [-0.05, 0) is 17.7 Å². The SMILES string of the molecule is C=CCOCc1ccnc(C(=O)O)c1. The average molecular weight is 193 g/mol. The highest BCUT2D eigenvalue weighted by molar-refractivity contribution is 5.85. The molecule has 0 aliphatic rings. The van der Waals surface area contributed by atoms with Crippen LogP contribution in [0.5, 0.6) is 0 Å². The molecule has 0 spiro atoms. The number of pyridine rings is 1. The molecule has 0 bridgehead atoms. The Morgan fingerprint density at radius 1 is 1.71 bits per heavy atom. The standard InChI is InChI=1S/C10H11NO3/c1-2-5-14-7-8-3-4-11-9(6-8)10(12)13/h2-4,6H,1,5,7H2,(H,12,13). The van der Waals surface area contributed by atoms with Gasteiger partial charge in [0.1, 0.15) is 5.69 Å². The van der Waals surface area contributed by atoms with Crippen LogP contribution in [-0.4, -0.2) is 22.7 Å². The minimum Gasteiger partial charge on any atom is -0.477 e. The molecule has 0 aliphatic carbocycles. The lowest BCUT2D eigenvalue weighted by Crippen LogP contribution is -2.01. The van der Waals surface area contributed by atoms with Crippen LogP contribution in [0.25, 0.3) is 0 Å². The second-order valence-corrected chi connectivity index (χ2v) is 2.66. The van der Waals surface area contributed by atoms with Crippen molar-refractivity contribution in [2.75, 3.05) is 6.61 Å². The molecule has 0 atom stereocenters. The molecule has 1 heterocycles. The van der Waals surface area contributed by atoms with Gasteiger partial charge >= 0.3 is 5.97 Å². The molecule has 1 aromatic rings. The Balaban J connectivity index is 2.63. The molecule has 0 saturated carbocycles. The number of hydrogen-bond donors (Lipinski definition) is 1. The summed E-state index contributed by atoms with van der Waals surface area (Å²) < 4.78 is 5.16. The minimum atomic E-state index is -1.03. The van der Waals surface area contributed by atoms with Crippen molar-refractivity contribution in [1.29, 1.82) is 0 Å². The summed E-state index contributed by atoms with van der Waals surface area (Å²) >= 11 is 0. The fourth-order valence-corrected chi connectivity index (χ4v) is 0.941. The largest absolute Gasteiger partial charge is 0.477 e. The zero-order chi connectivity index (χ0) is 10.4. The lowest BCUT2D eigenvalue weighted by molar-refractivity contribution is 0.0690. The number of nitrogens with zero attached hydrogens (tertiary/aromatic N) is 1. The molecule has 74 valence electrons. The van der Waals surface area contributed by atoms with E-state index in [4.69, 9.17) is 9.84 Å². The molecule has 4 nitrogen and oxygen atoms in total. The summed E-state index contributed by atoms with van der Waals surface area (Å²) in [6, 6.07) is 3.21. The van der Waals surface area contributed by atoms with Crippen molar-refractivity contribution < 1.29 is 14.6 Å². The summed E-state index contributed by atoms with van der Waals surface area (Å²) in [7, 11) is 0. The third-order valence-corrected chi connectivity index (χ3v) is 1.55. The van der Waals surface area contributed by atoms with Crippen molar-refractivity contribution in [3.05, 3.63) is 42.2 Å². The zero-order valence-electron chi connectivity index (χ0n) is 7.64. The molecule has 0 amide bonds. The van der Waals surface area contributed by atoms with Crippen LogP contribution in [0.3, 0.4) is 0 Å². The van der Waals surface area contributed by atoms with E-state index in [2.05, 4.69) is 11.6 Å². The van der Waals surface area contributed by atoms with Gasteiger partial charge in [-0.3, -0.25) is 0 Å². The molecular formula is C10H11NO3. The van der Waals surface area contributed by atoms with Crippen LogP contribution in [0.1, 0.15) is 16.1 Å². The van der Waals surface area contributed by atoms with Crippen LogP contribution in [0, 0.1) is 0 Å². The maximum Gasteiger partial charge on any atom is 0.354 e. The molecule has 0 aliphatic heterocycles. The Morgan fingerprint density at radius 3 is 3.14 bits per heavy atom. The first-order chi connectivity index (χ1) is 6.74. The Morgan fingerprint density at radius 2 is 2.50 bits per heavy atom. The van der Waals surface area contributed by atoms with Gasteiger partial charge < -0.3 is 9.84 Å². The summed E-state index contributed by atoms with van der Waals surface area (Å²) in [4.78, 5) is 14.3. The van der Waals surface area contributed by atoms with E-state index < -0.39 is 5.97 Å². The van der Waals surface area contributed by atoms with Gasteiger partial charge in [-0.25, -0.2) is 9.78 Å². The fourth-order valence-electron chi connectivity index (χ4n) is 0.941. The average Bonchev–Trinajstić information content (AvgIpc) is 2.19. The van der Waals surface area contributed by atoms with Crippen LogP contribution in [-0.2, 0) is 11.3 Å². The maximum atomic E-state index is 10.6. The lowest BCUT2D eigenvalue weighted by atomic mass is 10.2. The predicted molar refractivity (Wildman–Crippen MR) is 51.0 cm³/mol. The fraction of sp³-hybridized carbons (Fsp3) is 0.200. The predicted octanol–water partition coefficient (Wildman–Crippen LogP) is 1.48. The Kier molecular flexibility index (Phi) is 3.82. The Bertz CT molecular complexity index is 336. The van der Waals surface area contributed by atoms with Crippen molar-refractivity contribution in [3.63, 3.8) is 0 Å². The molecule has 0 fully saturated rings. The molecule has 0 unspecified atom stereocenters. The van der Waals surface area contributed by atoms with Crippen LogP contribution >= 0.6 is 0 Å². The summed E-state index contributed by atoms with van der Waals surface area (Å²) in [6.07, 6.45) is 3.09. The highest BCUT2D eigenvalue weighted by atomic mass is 16.5. The highest BCUT2D eigenvalue weighted by Gasteiger charge is 2.04. The Labute approximate surface area is 81.9 Å². The first-order valence-corrected chi connectivity index (χ1v) is 4.11. The van der Waals surface area contributed by atoms with Crippen molar-refractivity contribution >= 4 is 5.97 Å². The number of carbonyl (C=O) groups is 1. The molecule has 14 heavy (non-hydrogen) atoms. The maximum absolute atomic E-state index is 10.6.